The van der Waals surface area contributed by atoms with E-state index in [0.29, 0.717) is 23.7 Å². The molecule has 0 radical (unpaired) electrons. The van der Waals surface area contributed by atoms with Gasteiger partial charge in [-0.15, -0.1) is 5.92 Å². The molecule has 0 aromatic heterocycles. The molecule has 3 rings (SSSR count). The molecule has 0 aliphatic heterocycles. The smallest absolute Gasteiger partial charge is 0.261 e. The zero-order valence-electron chi connectivity index (χ0n) is 19.1. The molecule has 0 saturated heterocycles. The first kappa shape index (κ1) is 25.8. The molecule has 182 valence electrons. The highest BCUT2D eigenvalue weighted by Crippen LogP contribution is 2.18. The minimum Gasteiger partial charge on any atom is -0.489 e. The Bertz CT molecular complexity index is 1270. The van der Waals surface area contributed by atoms with Gasteiger partial charge in [0.05, 0.1) is 4.90 Å². The molecule has 1 atom stereocenters. The van der Waals surface area contributed by atoms with E-state index in [0.717, 1.165) is 5.56 Å². The predicted molar refractivity (Wildman–Crippen MR) is 130 cm³/mol. The third-order valence-corrected chi connectivity index (χ3v) is 6.44. The van der Waals surface area contributed by atoms with E-state index in [1.165, 1.54) is 29.7 Å². The summed E-state index contributed by atoms with van der Waals surface area (Å²) < 4.78 is 39.2. The summed E-state index contributed by atoms with van der Waals surface area (Å²) in [4.78, 5) is 12.2. The molecule has 0 unspecified atom stereocenters. The van der Waals surface area contributed by atoms with Gasteiger partial charge < -0.3 is 9.47 Å². The molecule has 3 aromatic rings. The second-order valence-electron chi connectivity index (χ2n) is 7.46. The summed E-state index contributed by atoms with van der Waals surface area (Å²) in [6, 6.07) is 21.1. The van der Waals surface area contributed by atoms with Gasteiger partial charge in [0.2, 0.25) is 10.0 Å². The number of carbonyl (C=O) groups is 1. The van der Waals surface area contributed by atoms with Crippen LogP contribution < -0.4 is 19.7 Å². The third kappa shape index (κ3) is 7.86. The lowest BCUT2D eigenvalue weighted by atomic mass is 10.1. The predicted octanol–water partition coefficient (Wildman–Crippen LogP) is 3.06. The molecular formula is C26H26N2O6S. The maximum atomic E-state index is 12.8. The molecule has 1 amide bonds. The van der Waals surface area contributed by atoms with Crippen LogP contribution in [0.4, 0.5) is 0 Å². The SMILES string of the molecule is CC#CCOc1ccc(S(=O)(=O)N[C@H](Cc2ccc(OCc3ccccc3)cc2)C(=O)NO)cc1. The van der Waals surface area contributed by atoms with Crippen molar-refractivity contribution in [2.75, 3.05) is 6.61 Å². The number of hydrogen-bond acceptors (Lipinski definition) is 6. The standard InChI is InChI=1S/C26H26N2O6S/c1-2-3-17-33-22-13-15-24(16-14-22)35(31,32)28-25(26(29)27-30)18-20-9-11-23(12-10-20)34-19-21-7-5-4-6-8-21/h4-16,25,28,30H,17-19H2,1H3,(H,27,29)/t25-/m1/s1. The van der Waals surface area contributed by atoms with Crippen LogP contribution in [0.15, 0.2) is 83.8 Å². The first-order chi connectivity index (χ1) is 16.9. The van der Waals surface area contributed by atoms with E-state index in [2.05, 4.69) is 16.6 Å². The third-order valence-electron chi connectivity index (χ3n) is 4.96. The Kier molecular flexibility index (Phi) is 9.26. The molecule has 8 nitrogen and oxygen atoms in total. The minimum atomic E-state index is -4.05. The molecule has 3 aromatic carbocycles. The highest BCUT2D eigenvalue weighted by Gasteiger charge is 2.26. The zero-order chi connectivity index (χ0) is 25.1. The minimum absolute atomic E-state index is 0.0153. The number of benzene rings is 3. The molecule has 0 aliphatic carbocycles. The summed E-state index contributed by atoms with van der Waals surface area (Å²) in [5.41, 5.74) is 3.23. The van der Waals surface area contributed by atoms with Gasteiger partial charge in [-0.2, -0.15) is 4.72 Å². The van der Waals surface area contributed by atoms with Crippen molar-refractivity contribution in [3.8, 4) is 23.3 Å². The number of hydroxylamine groups is 1. The van der Waals surface area contributed by atoms with E-state index in [9.17, 15) is 13.2 Å². The lowest BCUT2D eigenvalue weighted by molar-refractivity contribution is -0.130. The van der Waals surface area contributed by atoms with Crippen LogP contribution in [-0.4, -0.2) is 32.2 Å². The number of hydrogen-bond donors (Lipinski definition) is 3. The van der Waals surface area contributed by atoms with Crippen molar-refractivity contribution in [2.45, 2.75) is 30.9 Å². The number of amides is 1. The summed E-state index contributed by atoms with van der Waals surface area (Å²) in [5.74, 6) is 5.67. The largest absolute Gasteiger partial charge is 0.489 e. The van der Waals surface area contributed by atoms with Crippen LogP contribution in [0, 0.1) is 11.8 Å². The van der Waals surface area contributed by atoms with Crippen LogP contribution in [0.5, 0.6) is 11.5 Å². The van der Waals surface area contributed by atoms with E-state index in [1.54, 1.807) is 31.2 Å². The van der Waals surface area contributed by atoms with Gasteiger partial charge in [0.1, 0.15) is 30.8 Å². The number of rotatable bonds is 11. The number of carbonyl (C=O) groups excluding carboxylic acids is 1. The molecule has 0 heterocycles. The van der Waals surface area contributed by atoms with Gasteiger partial charge in [-0.05, 0) is 60.9 Å². The normalized spacial score (nSPS) is 11.6. The summed E-state index contributed by atoms with van der Waals surface area (Å²) >= 11 is 0. The van der Waals surface area contributed by atoms with Crippen molar-refractivity contribution in [1.29, 1.82) is 0 Å². The van der Waals surface area contributed by atoms with Gasteiger partial charge in [0.15, 0.2) is 0 Å². The maximum absolute atomic E-state index is 12.8. The van der Waals surface area contributed by atoms with Crippen molar-refractivity contribution < 1.29 is 27.9 Å². The Morgan fingerprint density at radius 3 is 2.17 bits per heavy atom. The number of sulfonamides is 1. The van der Waals surface area contributed by atoms with E-state index in [-0.39, 0.29) is 17.9 Å². The van der Waals surface area contributed by atoms with Gasteiger partial charge in [-0.1, -0.05) is 48.4 Å². The topological polar surface area (TPSA) is 114 Å². The summed E-state index contributed by atoms with van der Waals surface area (Å²) in [6.07, 6.45) is 0.0153. The second kappa shape index (κ2) is 12.6. The molecule has 0 aliphatic rings. The average Bonchev–Trinajstić information content (AvgIpc) is 2.88. The molecule has 0 bridgehead atoms. The van der Waals surface area contributed by atoms with Gasteiger partial charge in [-0.3, -0.25) is 10.0 Å². The van der Waals surface area contributed by atoms with Crippen LogP contribution in [0.3, 0.4) is 0 Å². The molecule has 0 saturated carbocycles. The maximum Gasteiger partial charge on any atom is 0.261 e. The molecule has 9 heteroatoms. The lowest BCUT2D eigenvalue weighted by Crippen LogP contribution is -2.47. The quantitative estimate of drug-likeness (QED) is 0.215. The Hall–Kier alpha value is -3.84. The van der Waals surface area contributed by atoms with Crippen LogP contribution >= 0.6 is 0 Å². The Morgan fingerprint density at radius 1 is 0.914 bits per heavy atom. The van der Waals surface area contributed by atoms with Crippen LogP contribution in [0.1, 0.15) is 18.1 Å². The average molecular weight is 495 g/mol. The monoisotopic (exact) mass is 494 g/mol. The van der Waals surface area contributed by atoms with Crippen molar-refractivity contribution in [3.05, 3.63) is 90.0 Å². The summed E-state index contributed by atoms with van der Waals surface area (Å²) in [5, 5.41) is 9.13. The fourth-order valence-corrected chi connectivity index (χ4v) is 4.32. The highest BCUT2D eigenvalue weighted by atomic mass is 32.2. The van der Waals surface area contributed by atoms with Gasteiger partial charge >= 0.3 is 0 Å². The summed E-state index contributed by atoms with van der Waals surface area (Å²) in [7, 11) is -4.05. The van der Waals surface area contributed by atoms with Crippen LogP contribution in [-0.2, 0) is 27.8 Å². The summed E-state index contributed by atoms with van der Waals surface area (Å²) in [6.45, 7) is 2.29. The highest BCUT2D eigenvalue weighted by molar-refractivity contribution is 7.89. The van der Waals surface area contributed by atoms with Crippen molar-refractivity contribution in [1.82, 2.24) is 10.2 Å². The Labute approximate surface area is 204 Å². The molecule has 3 N–H and O–H groups in total. The van der Waals surface area contributed by atoms with E-state index in [1.807, 2.05) is 30.3 Å². The van der Waals surface area contributed by atoms with Crippen LogP contribution in [0.2, 0.25) is 0 Å². The fraction of sp³-hybridized carbons (Fsp3) is 0.192. The van der Waals surface area contributed by atoms with Gasteiger partial charge in [-0.25, -0.2) is 13.9 Å². The molecule has 35 heavy (non-hydrogen) atoms. The van der Waals surface area contributed by atoms with Gasteiger partial charge in [0.25, 0.3) is 5.91 Å². The first-order valence-electron chi connectivity index (χ1n) is 10.8. The number of ether oxygens (including phenoxy) is 2. The fourth-order valence-electron chi connectivity index (χ4n) is 3.13. The van der Waals surface area contributed by atoms with Crippen LogP contribution in [0.25, 0.3) is 0 Å². The van der Waals surface area contributed by atoms with E-state index < -0.39 is 22.0 Å². The van der Waals surface area contributed by atoms with E-state index >= 15 is 0 Å². The molecule has 0 fully saturated rings. The van der Waals surface area contributed by atoms with Crippen molar-refractivity contribution in [3.63, 3.8) is 0 Å². The molecular weight excluding hydrogens is 468 g/mol. The zero-order valence-corrected chi connectivity index (χ0v) is 19.9. The lowest BCUT2D eigenvalue weighted by Gasteiger charge is -2.17. The Morgan fingerprint density at radius 2 is 1.54 bits per heavy atom. The van der Waals surface area contributed by atoms with Crippen molar-refractivity contribution >= 4 is 15.9 Å². The van der Waals surface area contributed by atoms with Gasteiger partial charge in [0, 0.05) is 0 Å². The molecule has 0 spiro atoms. The van der Waals surface area contributed by atoms with E-state index in [4.69, 9.17) is 14.7 Å². The first-order valence-corrected chi connectivity index (χ1v) is 12.2. The number of nitrogens with one attached hydrogen (secondary N) is 2. The second-order valence-corrected chi connectivity index (χ2v) is 9.17. The Balaban J connectivity index is 1.65. The van der Waals surface area contributed by atoms with Crippen molar-refractivity contribution in [2.24, 2.45) is 0 Å².